The van der Waals surface area contributed by atoms with Gasteiger partial charge in [0.05, 0.1) is 23.3 Å². The van der Waals surface area contributed by atoms with Crippen molar-refractivity contribution in [3.63, 3.8) is 0 Å². The summed E-state index contributed by atoms with van der Waals surface area (Å²) in [5, 5.41) is 12.5. The quantitative estimate of drug-likeness (QED) is 0.488. The molecule has 0 amide bonds. The first-order valence-corrected chi connectivity index (χ1v) is 9.57. The molecule has 1 fully saturated rings. The molecule has 0 saturated heterocycles. The van der Waals surface area contributed by atoms with Gasteiger partial charge in [0.15, 0.2) is 11.6 Å². The Morgan fingerprint density at radius 3 is 2.62 bits per heavy atom. The van der Waals surface area contributed by atoms with Crippen molar-refractivity contribution in [2.75, 3.05) is 0 Å². The SMILES string of the molecule is FC(F)(F)c1cccc(-c2n[nH]c(-c3ccc4c(cnn4C4CCCC4)c3)n2)c1. The van der Waals surface area contributed by atoms with E-state index in [4.69, 9.17) is 0 Å². The Morgan fingerprint density at radius 2 is 1.83 bits per heavy atom. The molecule has 2 aromatic heterocycles. The zero-order chi connectivity index (χ0) is 20.0. The number of H-pyrrole nitrogens is 1. The van der Waals surface area contributed by atoms with E-state index >= 15 is 0 Å². The van der Waals surface area contributed by atoms with Crippen LogP contribution >= 0.6 is 0 Å². The number of halogens is 3. The Labute approximate surface area is 164 Å². The first-order valence-electron chi connectivity index (χ1n) is 9.57. The fourth-order valence-electron chi connectivity index (χ4n) is 3.99. The van der Waals surface area contributed by atoms with Crippen LogP contribution in [0.5, 0.6) is 0 Å². The summed E-state index contributed by atoms with van der Waals surface area (Å²) in [5.41, 5.74) is 1.49. The number of nitrogens with one attached hydrogen (secondary N) is 1. The number of aromatic amines is 1. The molecule has 148 valence electrons. The van der Waals surface area contributed by atoms with Gasteiger partial charge in [0.2, 0.25) is 0 Å². The topological polar surface area (TPSA) is 59.4 Å². The van der Waals surface area contributed by atoms with E-state index in [1.54, 1.807) is 6.07 Å². The standard InChI is InChI=1S/C21H18F3N5/c22-21(23,24)16-5-3-4-13(11-16)19-26-20(28-27-19)14-8-9-18-15(10-14)12-25-29(18)17-6-1-2-7-17/h3-5,8-12,17H,1-2,6-7H2,(H,26,27,28). The smallest absolute Gasteiger partial charge is 0.262 e. The summed E-state index contributed by atoms with van der Waals surface area (Å²) in [6.07, 6.45) is 2.23. The Balaban J connectivity index is 1.47. The van der Waals surface area contributed by atoms with Gasteiger partial charge in [0, 0.05) is 16.5 Å². The van der Waals surface area contributed by atoms with E-state index < -0.39 is 11.7 Å². The van der Waals surface area contributed by atoms with Crippen LogP contribution in [0.1, 0.15) is 37.3 Å². The van der Waals surface area contributed by atoms with E-state index in [1.807, 2.05) is 24.4 Å². The average molecular weight is 397 g/mol. The minimum atomic E-state index is -4.40. The van der Waals surface area contributed by atoms with Crippen LogP contribution in [0, 0.1) is 0 Å². The summed E-state index contributed by atoms with van der Waals surface area (Å²) < 4.78 is 41.0. The van der Waals surface area contributed by atoms with Gasteiger partial charge < -0.3 is 0 Å². The Morgan fingerprint density at radius 1 is 1.00 bits per heavy atom. The van der Waals surface area contributed by atoms with Gasteiger partial charge in [0.1, 0.15) is 0 Å². The fraction of sp³-hybridized carbons (Fsp3) is 0.286. The van der Waals surface area contributed by atoms with Crippen LogP contribution in [-0.4, -0.2) is 25.0 Å². The Kier molecular flexibility index (Phi) is 4.15. The van der Waals surface area contributed by atoms with Gasteiger partial charge in [-0.1, -0.05) is 25.0 Å². The lowest BCUT2D eigenvalue weighted by atomic mass is 10.1. The molecular weight excluding hydrogens is 379 g/mol. The lowest BCUT2D eigenvalue weighted by molar-refractivity contribution is -0.137. The highest BCUT2D eigenvalue weighted by atomic mass is 19.4. The second-order valence-corrected chi connectivity index (χ2v) is 7.39. The van der Waals surface area contributed by atoms with Gasteiger partial charge in [-0.25, -0.2) is 4.98 Å². The summed E-state index contributed by atoms with van der Waals surface area (Å²) in [5.74, 6) is 0.737. The van der Waals surface area contributed by atoms with Crippen molar-refractivity contribution in [3.05, 3.63) is 54.2 Å². The molecule has 5 rings (SSSR count). The molecule has 0 spiro atoms. The molecule has 4 aromatic rings. The molecular formula is C21H18F3N5. The second-order valence-electron chi connectivity index (χ2n) is 7.39. The van der Waals surface area contributed by atoms with E-state index in [9.17, 15) is 13.2 Å². The van der Waals surface area contributed by atoms with Crippen molar-refractivity contribution in [3.8, 4) is 22.8 Å². The van der Waals surface area contributed by atoms with Crippen LogP contribution in [0.3, 0.4) is 0 Å². The Bertz CT molecular complexity index is 1170. The van der Waals surface area contributed by atoms with Crippen molar-refractivity contribution >= 4 is 10.9 Å². The van der Waals surface area contributed by atoms with Crippen LogP contribution < -0.4 is 0 Å². The molecule has 29 heavy (non-hydrogen) atoms. The van der Waals surface area contributed by atoms with Crippen LogP contribution in [0.4, 0.5) is 13.2 Å². The van der Waals surface area contributed by atoms with E-state index in [0.717, 1.165) is 41.4 Å². The van der Waals surface area contributed by atoms with Crippen molar-refractivity contribution in [2.24, 2.45) is 0 Å². The van der Waals surface area contributed by atoms with Crippen molar-refractivity contribution in [1.82, 2.24) is 25.0 Å². The minimum Gasteiger partial charge on any atom is -0.262 e. The van der Waals surface area contributed by atoms with Crippen molar-refractivity contribution in [1.29, 1.82) is 0 Å². The van der Waals surface area contributed by atoms with E-state index in [-0.39, 0.29) is 5.82 Å². The van der Waals surface area contributed by atoms with Crippen LogP contribution in [0.25, 0.3) is 33.7 Å². The number of nitrogens with zero attached hydrogens (tertiary/aromatic N) is 4. The first-order chi connectivity index (χ1) is 14.0. The van der Waals surface area contributed by atoms with Gasteiger partial charge in [-0.2, -0.15) is 23.4 Å². The molecule has 0 radical (unpaired) electrons. The lowest BCUT2D eigenvalue weighted by Crippen LogP contribution is -2.05. The molecule has 2 heterocycles. The third-order valence-electron chi connectivity index (χ3n) is 5.47. The van der Waals surface area contributed by atoms with Crippen LogP contribution in [0.2, 0.25) is 0 Å². The number of benzene rings is 2. The predicted octanol–water partition coefficient (Wildman–Crippen LogP) is 5.62. The fourth-order valence-corrected chi connectivity index (χ4v) is 3.99. The van der Waals surface area contributed by atoms with Gasteiger partial charge in [-0.05, 0) is 43.2 Å². The van der Waals surface area contributed by atoms with Crippen LogP contribution in [-0.2, 0) is 6.18 Å². The lowest BCUT2D eigenvalue weighted by Gasteiger charge is -2.11. The normalized spacial score (nSPS) is 15.4. The zero-order valence-corrected chi connectivity index (χ0v) is 15.4. The number of rotatable bonds is 3. The molecule has 1 N–H and O–H groups in total. The average Bonchev–Trinajstić information content (AvgIpc) is 3.46. The molecule has 0 bridgehead atoms. The van der Waals surface area contributed by atoms with Gasteiger partial charge in [-0.15, -0.1) is 0 Å². The van der Waals surface area contributed by atoms with Gasteiger partial charge in [-0.3, -0.25) is 9.78 Å². The largest absolute Gasteiger partial charge is 0.416 e. The summed E-state index contributed by atoms with van der Waals surface area (Å²) in [6, 6.07) is 11.4. The molecule has 1 aliphatic carbocycles. The van der Waals surface area contributed by atoms with Crippen molar-refractivity contribution < 1.29 is 13.2 Å². The second kappa shape index (κ2) is 6.72. The monoisotopic (exact) mass is 397 g/mol. The number of fused-ring (bicyclic) bond motifs is 1. The maximum atomic E-state index is 13.0. The third kappa shape index (κ3) is 3.28. The van der Waals surface area contributed by atoms with Crippen LogP contribution in [0.15, 0.2) is 48.7 Å². The number of hydrogen-bond acceptors (Lipinski definition) is 3. The molecule has 8 heteroatoms. The highest BCUT2D eigenvalue weighted by molar-refractivity contribution is 5.83. The number of alkyl halides is 3. The van der Waals surface area contributed by atoms with Gasteiger partial charge in [0.25, 0.3) is 0 Å². The highest BCUT2D eigenvalue weighted by Crippen LogP contribution is 2.34. The zero-order valence-electron chi connectivity index (χ0n) is 15.4. The third-order valence-corrected chi connectivity index (χ3v) is 5.47. The van der Waals surface area contributed by atoms with E-state index in [0.29, 0.717) is 17.4 Å². The summed E-state index contributed by atoms with van der Waals surface area (Å²) in [4.78, 5) is 4.40. The number of aromatic nitrogens is 5. The van der Waals surface area contributed by atoms with E-state index in [2.05, 4.69) is 25.0 Å². The van der Waals surface area contributed by atoms with Gasteiger partial charge >= 0.3 is 6.18 Å². The molecule has 5 nitrogen and oxygen atoms in total. The van der Waals surface area contributed by atoms with Crippen molar-refractivity contribution in [2.45, 2.75) is 37.9 Å². The summed E-state index contributed by atoms with van der Waals surface area (Å²) >= 11 is 0. The first kappa shape index (κ1) is 17.9. The number of hydrogen-bond donors (Lipinski definition) is 1. The molecule has 0 unspecified atom stereocenters. The molecule has 0 aliphatic heterocycles. The molecule has 2 aromatic carbocycles. The van der Waals surface area contributed by atoms with E-state index in [1.165, 1.54) is 18.9 Å². The highest BCUT2D eigenvalue weighted by Gasteiger charge is 2.30. The predicted molar refractivity (Wildman–Crippen MR) is 103 cm³/mol. The maximum Gasteiger partial charge on any atom is 0.416 e. The minimum absolute atomic E-state index is 0.229. The summed E-state index contributed by atoms with van der Waals surface area (Å²) in [6.45, 7) is 0. The summed E-state index contributed by atoms with van der Waals surface area (Å²) in [7, 11) is 0. The Hall–Kier alpha value is -3.16. The molecule has 1 aliphatic rings. The maximum absolute atomic E-state index is 13.0. The molecule has 0 atom stereocenters. The molecule has 1 saturated carbocycles.